The summed E-state index contributed by atoms with van der Waals surface area (Å²) in [6.45, 7) is 3.91. The third-order valence-electron chi connectivity index (χ3n) is 3.10. The van der Waals surface area contributed by atoms with Gasteiger partial charge in [0.2, 0.25) is 0 Å². The van der Waals surface area contributed by atoms with Crippen molar-refractivity contribution in [3.8, 4) is 5.75 Å². The van der Waals surface area contributed by atoms with Crippen LogP contribution >= 0.6 is 11.6 Å². The van der Waals surface area contributed by atoms with E-state index in [1.165, 1.54) is 12.1 Å². The minimum Gasteiger partial charge on any atom is -0.488 e. The molecule has 0 aliphatic carbocycles. The first-order valence-electron chi connectivity index (χ1n) is 6.26. The van der Waals surface area contributed by atoms with Crippen molar-refractivity contribution >= 4 is 11.6 Å². The third-order valence-corrected chi connectivity index (χ3v) is 3.58. The molecule has 0 radical (unpaired) electrons. The van der Waals surface area contributed by atoms with Crippen molar-refractivity contribution in [3.63, 3.8) is 0 Å². The largest absolute Gasteiger partial charge is 0.488 e. The molecule has 2 rings (SSSR count). The summed E-state index contributed by atoms with van der Waals surface area (Å²) >= 11 is 6.14. The van der Waals surface area contributed by atoms with Crippen molar-refractivity contribution < 1.29 is 9.13 Å². The molecule has 1 aromatic heterocycles. The summed E-state index contributed by atoms with van der Waals surface area (Å²) in [7, 11) is 1.77. The topological polar surface area (TPSA) is 53.1 Å². The highest BCUT2D eigenvalue weighted by atomic mass is 35.5. The molecule has 0 saturated carbocycles. The SMILES string of the molecule is Cc1nn(C)c(Cl)c1COc1ccc(F)cc1C(C)N. The fraction of sp³-hybridized carbons (Fsp3) is 0.357. The maximum absolute atomic E-state index is 13.3. The van der Waals surface area contributed by atoms with E-state index < -0.39 is 0 Å². The maximum atomic E-state index is 13.3. The summed E-state index contributed by atoms with van der Waals surface area (Å²) in [4.78, 5) is 0. The molecule has 0 aliphatic heterocycles. The van der Waals surface area contributed by atoms with Crippen LogP contribution in [0.25, 0.3) is 0 Å². The summed E-state index contributed by atoms with van der Waals surface area (Å²) in [5.41, 5.74) is 8.08. The highest BCUT2D eigenvalue weighted by Gasteiger charge is 2.14. The van der Waals surface area contributed by atoms with E-state index in [-0.39, 0.29) is 18.5 Å². The van der Waals surface area contributed by atoms with Crippen LogP contribution in [0, 0.1) is 12.7 Å². The molecule has 0 aliphatic rings. The highest BCUT2D eigenvalue weighted by molar-refractivity contribution is 6.30. The predicted octanol–water partition coefficient (Wildman–Crippen LogP) is 3.12. The molecule has 1 atom stereocenters. The molecule has 1 heterocycles. The third kappa shape index (κ3) is 2.94. The van der Waals surface area contributed by atoms with Gasteiger partial charge in [-0.2, -0.15) is 5.10 Å². The number of aryl methyl sites for hydroxylation is 2. The number of benzene rings is 1. The number of nitrogens with zero attached hydrogens (tertiary/aromatic N) is 2. The monoisotopic (exact) mass is 297 g/mol. The lowest BCUT2D eigenvalue weighted by molar-refractivity contribution is 0.300. The van der Waals surface area contributed by atoms with Gasteiger partial charge in [-0.15, -0.1) is 0 Å². The Bertz CT molecular complexity index is 625. The number of rotatable bonds is 4. The van der Waals surface area contributed by atoms with Gasteiger partial charge in [-0.3, -0.25) is 4.68 Å². The van der Waals surface area contributed by atoms with Crippen molar-refractivity contribution in [2.75, 3.05) is 0 Å². The molecule has 6 heteroatoms. The zero-order valence-electron chi connectivity index (χ0n) is 11.7. The molecule has 0 amide bonds. The summed E-state index contributed by atoms with van der Waals surface area (Å²) in [5.74, 6) is 0.223. The minimum atomic E-state index is -0.333. The summed E-state index contributed by atoms with van der Waals surface area (Å²) in [6, 6.07) is 4.00. The molecule has 0 spiro atoms. The second-order valence-corrected chi connectivity index (χ2v) is 5.10. The smallest absolute Gasteiger partial charge is 0.133 e. The summed E-state index contributed by atoms with van der Waals surface area (Å²) < 4.78 is 20.6. The van der Waals surface area contributed by atoms with Crippen molar-refractivity contribution in [1.82, 2.24) is 9.78 Å². The molecule has 20 heavy (non-hydrogen) atoms. The first-order valence-corrected chi connectivity index (χ1v) is 6.63. The summed E-state index contributed by atoms with van der Waals surface area (Å²) in [5, 5.41) is 4.75. The zero-order valence-corrected chi connectivity index (χ0v) is 12.4. The molecule has 1 aromatic carbocycles. The maximum Gasteiger partial charge on any atom is 0.133 e. The molecule has 2 aromatic rings. The Morgan fingerprint density at radius 3 is 2.75 bits per heavy atom. The highest BCUT2D eigenvalue weighted by Crippen LogP contribution is 2.27. The Hall–Kier alpha value is -1.59. The molecular formula is C14H17ClFN3O. The second kappa shape index (κ2) is 5.81. The van der Waals surface area contributed by atoms with E-state index in [2.05, 4.69) is 5.10 Å². The second-order valence-electron chi connectivity index (χ2n) is 4.74. The lowest BCUT2D eigenvalue weighted by Crippen LogP contribution is -2.09. The number of hydrogen-bond donors (Lipinski definition) is 1. The first-order chi connectivity index (χ1) is 9.40. The van der Waals surface area contributed by atoms with Gasteiger partial charge < -0.3 is 10.5 Å². The van der Waals surface area contributed by atoms with Crippen LogP contribution in [0.3, 0.4) is 0 Å². The number of hydrogen-bond acceptors (Lipinski definition) is 3. The van der Waals surface area contributed by atoms with Crippen LogP contribution in [0.4, 0.5) is 4.39 Å². The van der Waals surface area contributed by atoms with Crippen LogP contribution in [0.5, 0.6) is 5.75 Å². The standard InChI is InChI=1S/C14H17ClFN3O/c1-8(17)11-6-10(16)4-5-13(11)20-7-12-9(2)18-19(3)14(12)15/h4-6,8H,7,17H2,1-3H3. The Morgan fingerprint density at radius 1 is 1.50 bits per heavy atom. The van der Waals surface area contributed by atoms with Crippen molar-refractivity contribution in [2.24, 2.45) is 12.8 Å². The summed E-state index contributed by atoms with van der Waals surface area (Å²) in [6.07, 6.45) is 0. The Labute approximate surface area is 122 Å². The molecule has 108 valence electrons. The normalized spacial score (nSPS) is 12.5. The Balaban J connectivity index is 2.23. The van der Waals surface area contributed by atoms with Crippen LogP contribution in [0.2, 0.25) is 5.15 Å². The minimum absolute atomic E-state index is 0.268. The van der Waals surface area contributed by atoms with Gasteiger partial charge in [0, 0.05) is 24.2 Å². The van der Waals surface area contributed by atoms with Crippen molar-refractivity contribution in [2.45, 2.75) is 26.5 Å². The van der Waals surface area contributed by atoms with Gasteiger partial charge in [0.05, 0.1) is 5.69 Å². The quantitative estimate of drug-likeness (QED) is 0.943. The van der Waals surface area contributed by atoms with Gasteiger partial charge in [0.15, 0.2) is 0 Å². The molecule has 0 saturated heterocycles. The van der Waals surface area contributed by atoms with Gasteiger partial charge in [0.1, 0.15) is 23.3 Å². The van der Waals surface area contributed by atoms with E-state index in [9.17, 15) is 4.39 Å². The van der Waals surface area contributed by atoms with Crippen LogP contribution in [0.15, 0.2) is 18.2 Å². The number of aromatic nitrogens is 2. The average molecular weight is 298 g/mol. The van der Waals surface area contributed by atoms with E-state index >= 15 is 0 Å². The van der Waals surface area contributed by atoms with Gasteiger partial charge in [0.25, 0.3) is 0 Å². The first kappa shape index (κ1) is 14.8. The van der Waals surface area contributed by atoms with E-state index in [4.69, 9.17) is 22.1 Å². The molecular weight excluding hydrogens is 281 g/mol. The van der Waals surface area contributed by atoms with Crippen LogP contribution in [-0.2, 0) is 13.7 Å². The van der Waals surface area contributed by atoms with E-state index in [0.717, 1.165) is 11.3 Å². The van der Waals surface area contributed by atoms with Crippen LogP contribution < -0.4 is 10.5 Å². The van der Waals surface area contributed by atoms with Gasteiger partial charge in [-0.1, -0.05) is 11.6 Å². The molecule has 2 N–H and O–H groups in total. The molecule has 0 bridgehead atoms. The predicted molar refractivity (Wildman–Crippen MR) is 76.3 cm³/mol. The lowest BCUT2D eigenvalue weighted by atomic mass is 10.1. The van der Waals surface area contributed by atoms with Gasteiger partial charge in [-0.05, 0) is 32.0 Å². The number of ether oxygens (including phenoxy) is 1. The van der Waals surface area contributed by atoms with E-state index in [1.807, 2.05) is 6.92 Å². The molecule has 1 unspecified atom stereocenters. The van der Waals surface area contributed by atoms with E-state index in [0.29, 0.717) is 16.5 Å². The fourth-order valence-corrected chi connectivity index (χ4v) is 2.22. The average Bonchev–Trinajstić information content (AvgIpc) is 2.62. The molecule has 4 nitrogen and oxygen atoms in total. The van der Waals surface area contributed by atoms with Gasteiger partial charge in [-0.25, -0.2) is 4.39 Å². The van der Waals surface area contributed by atoms with E-state index in [1.54, 1.807) is 24.7 Å². The molecule has 0 fully saturated rings. The lowest BCUT2D eigenvalue weighted by Gasteiger charge is -2.14. The fourth-order valence-electron chi connectivity index (χ4n) is 1.99. The van der Waals surface area contributed by atoms with Crippen molar-refractivity contribution in [3.05, 3.63) is 46.0 Å². The zero-order chi connectivity index (χ0) is 14.9. The Kier molecular flexibility index (Phi) is 4.30. The number of halogens is 2. The Morgan fingerprint density at radius 2 is 2.20 bits per heavy atom. The van der Waals surface area contributed by atoms with Crippen molar-refractivity contribution in [1.29, 1.82) is 0 Å². The van der Waals surface area contributed by atoms with Gasteiger partial charge >= 0.3 is 0 Å². The number of nitrogens with two attached hydrogens (primary N) is 1. The van der Waals surface area contributed by atoms with Crippen LogP contribution in [-0.4, -0.2) is 9.78 Å². The van der Waals surface area contributed by atoms with Crippen LogP contribution in [0.1, 0.15) is 29.8 Å².